The lowest BCUT2D eigenvalue weighted by Gasteiger charge is -2.17. The molecule has 0 aliphatic rings. The van der Waals surface area contributed by atoms with Crippen LogP contribution in [0.25, 0.3) is 0 Å². The quantitative estimate of drug-likeness (QED) is 0.347. The highest BCUT2D eigenvalue weighted by molar-refractivity contribution is 5.95. The number of ether oxygens (including phenoxy) is 2. The summed E-state index contributed by atoms with van der Waals surface area (Å²) in [4.78, 5) is 22.6. The summed E-state index contributed by atoms with van der Waals surface area (Å²) in [6, 6.07) is 6.34. The zero-order valence-electron chi connectivity index (χ0n) is 9.88. The van der Waals surface area contributed by atoms with E-state index in [4.69, 9.17) is 21.1 Å². The minimum absolute atomic E-state index is 0.00384. The maximum atomic E-state index is 11.4. The standard InChI is InChI=1S/C11H15N3O4/c1-17-6-9(11(16)14-13)18-8-5-3-2-4-7(8)10(12)15/h2-5,9H,6,13H2,1H3,(H2,12,15)(H,14,16). The second-order valence-corrected chi connectivity index (χ2v) is 3.43. The maximum absolute atomic E-state index is 11.4. The first-order valence-electron chi connectivity index (χ1n) is 5.15. The van der Waals surface area contributed by atoms with E-state index in [2.05, 4.69) is 0 Å². The van der Waals surface area contributed by atoms with Crippen LogP contribution in [-0.2, 0) is 9.53 Å². The second-order valence-electron chi connectivity index (χ2n) is 3.43. The molecule has 0 aliphatic heterocycles. The Kier molecular flexibility index (Phi) is 5.09. The van der Waals surface area contributed by atoms with Gasteiger partial charge in [0.1, 0.15) is 5.75 Å². The summed E-state index contributed by atoms with van der Waals surface area (Å²) in [7, 11) is 1.42. The molecule has 1 aromatic rings. The lowest BCUT2D eigenvalue weighted by molar-refractivity contribution is -0.130. The van der Waals surface area contributed by atoms with E-state index in [1.807, 2.05) is 5.43 Å². The van der Waals surface area contributed by atoms with Crippen molar-refractivity contribution in [2.75, 3.05) is 13.7 Å². The molecule has 0 saturated heterocycles. The molecule has 18 heavy (non-hydrogen) atoms. The highest BCUT2D eigenvalue weighted by Gasteiger charge is 2.21. The molecule has 1 unspecified atom stereocenters. The van der Waals surface area contributed by atoms with E-state index in [9.17, 15) is 9.59 Å². The lowest BCUT2D eigenvalue weighted by Crippen LogP contribution is -2.44. The third-order valence-corrected chi connectivity index (χ3v) is 2.17. The number of hydrogen-bond acceptors (Lipinski definition) is 5. The van der Waals surface area contributed by atoms with Crippen LogP contribution < -0.4 is 21.7 Å². The van der Waals surface area contributed by atoms with Crippen LogP contribution in [0.3, 0.4) is 0 Å². The van der Waals surface area contributed by atoms with Gasteiger partial charge in [0.2, 0.25) is 6.10 Å². The number of nitrogens with two attached hydrogens (primary N) is 2. The first-order valence-corrected chi connectivity index (χ1v) is 5.15. The topological polar surface area (TPSA) is 117 Å². The van der Waals surface area contributed by atoms with E-state index in [0.717, 1.165) is 0 Å². The Balaban J connectivity index is 2.93. The van der Waals surface area contributed by atoms with Crippen LogP contribution in [0.1, 0.15) is 10.4 Å². The van der Waals surface area contributed by atoms with Gasteiger partial charge in [-0.3, -0.25) is 15.0 Å². The number of hydrogen-bond donors (Lipinski definition) is 3. The average Bonchev–Trinajstić information content (AvgIpc) is 2.37. The molecule has 0 aliphatic carbocycles. The minimum atomic E-state index is -0.958. The first kappa shape index (κ1) is 13.9. The van der Waals surface area contributed by atoms with Gasteiger partial charge in [0.25, 0.3) is 11.8 Å². The Labute approximate surface area is 104 Å². The van der Waals surface area contributed by atoms with Gasteiger partial charge in [-0.05, 0) is 12.1 Å². The Hall–Kier alpha value is -2.12. The van der Waals surface area contributed by atoms with Gasteiger partial charge in [-0.2, -0.15) is 0 Å². The Morgan fingerprint density at radius 2 is 2.06 bits per heavy atom. The largest absolute Gasteiger partial charge is 0.477 e. The third-order valence-electron chi connectivity index (χ3n) is 2.17. The molecule has 0 fully saturated rings. The summed E-state index contributed by atoms with van der Waals surface area (Å²) < 4.78 is 10.2. The molecule has 0 saturated carbocycles. The van der Waals surface area contributed by atoms with Crippen molar-refractivity contribution in [3.05, 3.63) is 29.8 Å². The van der Waals surface area contributed by atoms with E-state index >= 15 is 0 Å². The average molecular weight is 253 g/mol. The number of carbonyl (C=O) groups excluding carboxylic acids is 2. The summed E-state index contributed by atoms with van der Waals surface area (Å²) >= 11 is 0. The minimum Gasteiger partial charge on any atom is -0.477 e. The number of rotatable bonds is 6. The number of hydrazine groups is 1. The van der Waals surface area contributed by atoms with Crippen molar-refractivity contribution >= 4 is 11.8 Å². The number of carbonyl (C=O) groups is 2. The van der Waals surface area contributed by atoms with Gasteiger partial charge >= 0.3 is 0 Å². The smallest absolute Gasteiger partial charge is 0.277 e. The van der Waals surface area contributed by atoms with E-state index in [-0.39, 0.29) is 17.9 Å². The molecule has 7 nitrogen and oxygen atoms in total. The van der Waals surface area contributed by atoms with E-state index in [1.54, 1.807) is 12.1 Å². The summed E-state index contributed by atoms with van der Waals surface area (Å²) in [6.45, 7) is -0.00384. The fourth-order valence-corrected chi connectivity index (χ4v) is 1.33. The monoisotopic (exact) mass is 253 g/mol. The van der Waals surface area contributed by atoms with E-state index < -0.39 is 17.9 Å². The molecule has 0 bridgehead atoms. The van der Waals surface area contributed by atoms with Crippen molar-refractivity contribution in [1.29, 1.82) is 0 Å². The van der Waals surface area contributed by atoms with Gasteiger partial charge < -0.3 is 15.2 Å². The van der Waals surface area contributed by atoms with Crippen LogP contribution in [0.15, 0.2) is 24.3 Å². The normalized spacial score (nSPS) is 11.7. The van der Waals surface area contributed by atoms with Crippen molar-refractivity contribution in [2.24, 2.45) is 11.6 Å². The molecule has 5 N–H and O–H groups in total. The van der Waals surface area contributed by atoms with Crippen LogP contribution in [-0.4, -0.2) is 31.6 Å². The molecule has 0 spiro atoms. The zero-order chi connectivity index (χ0) is 13.5. The molecule has 0 aromatic heterocycles. The van der Waals surface area contributed by atoms with Crippen LogP contribution in [0.2, 0.25) is 0 Å². The van der Waals surface area contributed by atoms with Gasteiger partial charge in [-0.15, -0.1) is 0 Å². The molecule has 0 radical (unpaired) electrons. The summed E-state index contributed by atoms with van der Waals surface area (Å²) in [5.41, 5.74) is 7.34. The van der Waals surface area contributed by atoms with E-state index in [0.29, 0.717) is 0 Å². The van der Waals surface area contributed by atoms with Crippen LogP contribution in [0, 0.1) is 0 Å². The summed E-state index contributed by atoms with van der Waals surface area (Å²) in [5, 5.41) is 0. The molecular formula is C11H15N3O4. The van der Waals surface area contributed by atoms with E-state index in [1.165, 1.54) is 19.2 Å². The van der Waals surface area contributed by atoms with Gasteiger partial charge in [0, 0.05) is 7.11 Å². The fourth-order valence-electron chi connectivity index (χ4n) is 1.33. The third kappa shape index (κ3) is 3.44. The number of para-hydroxylation sites is 1. The summed E-state index contributed by atoms with van der Waals surface area (Å²) in [6.07, 6.45) is -0.958. The van der Waals surface area contributed by atoms with Gasteiger partial charge in [-0.1, -0.05) is 12.1 Å². The molecule has 1 aromatic carbocycles. The number of nitrogens with one attached hydrogen (secondary N) is 1. The van der Waals surface area contributed by atoms with Gasteiger partial charge in [0.15, 0.2) is 0 Å². The lowest BCUT2D eigenvalue weighted by atomic mass is 10.2. The summed E-state index contributed by atoms with van der Waals surface area (Å²) in [5.74, 6) is 4.03. The fraction of sp³-hybridized carbons (Fsp3) is 0.273. The highest BCUT2D eigenvalue weighted by atomic mass is 16.5. The van der Waals surface area contributed by atoms with Crippen molar-refractivity contribution < 1.29 is 19.1 Å². The molecule has 0 heterocycles. The number of methoxy groups -OCH3 is 1. The second kappa shape index (κ2) is 6.58. The SMILES string of the molecule is COCC(Oc1ccccc1C(N)=O)C(=O)NN. The van der Waals surface area contributed by atoms with Crippen molar-refractivity contribution in [3.63, 3.8) is 0 Å². The molecule has 1 rings (SSSR count). The number of amides is 2. The van der Waals surface area contributed by atoms with Crippen LogP contribution >= 0.6 is 0 Å². The molecule has 98 valence electrons. The van der Waals surface area contributed by atoms with Crippen molar-refractivity contribution in [2.45, 2.75) is 6.10 Å². The van der Waals surface area contributed by atoms with Crippen molar-refractivity contribution in [1.82, 2.24) is 5.43 Å². The zero-order valence-corrected chi connectivity index (χ0v) is 9.88. The van der Waals surface area contributed by atoms with Crippen LogP contribution in [0.4, 0.5) is 0 Å². The number of primary amides is 1. The van der Waals surface area contributed by atoms with Crippen LogP contribution in [0.5, 0.6) is 5.75 Å². The molecule has 1 atom stereocenters. The van der Waals surface area contributed by atoms with Crippen molar-refractivity contribution in [3.8, 4) is 5.75 Å². The highest BCUT2D eigenvalue weighted by Crippen LogP contribution is 2.18. The Morgan fingerprint density at radius 3 is 2.61 bits per heavy atom. The maximum Gasteiger partial charge on any atom is 0.277 e. The Bertz CT molecular complexity index is 436. The molecular weight excluding hydrogens is 238 g/mol. The first-order chi connectivity index (χ1) is 8.60. The predicted octanol–water partition coefficient (Wildman–Crippen LogP) is -0.831. The van der Waals surface area contributed by atoms with Gasteiger partial charge in [-0.25, -0.2) is 5.84 Å². The van der Waals surface area contributed by atoms with Gasteiger partial charge in [0.05, 0.1) is 12.2 Å². The molecule has 2 amide bonds. The predicted molar refractivity (Wildman–Crippen MR) is 63.6 cm³/mol. The number of benzene rings is 1. The molecule has 7 heteroatoms. The Morgan fingerprint density at radius 1 is 1.39 bits per heavy atom.